The Bertz CT molecular complexity index is 615. The number of likely N-dealkylation sites (N-methyl/N-ethyl adjacent to an activating group) is 1. The zero-order valence-corrected chi connectivity index (χ0v) is 18.4. The number of carbonyl (C=O) groups is 1. The maximum atomic E-state index is 12.5. The summed E-state index contributed by atoms with van der Waals surface area (Å²) in [5.41, 5.74) is 1.31. The first-order valence-corrected chi connectivity index (χ1v) is 11.9. The highest BCUT2D eigenvalue weighted by atomic mass is 32.2. The highest BCUT2D eigenvalue weighted by Crippen LogP contribution is 2.27. The molecule has 156 valence electrons. The Morgan fingerprint density at radius 1 is 1.21 bits per heavy atom. The van der Waals surface area contributed by atoms with Gasteiger partial charge in [0, 0.05) is 37.1 Å². The maximum Gasteiger partial charge on any atom is 0.237 e. The van der Waals surface area contributed by atoms with E-state index in [0.29, 0.717) is 12.1 Å². The van der Waals surface area contributed by atoms with Crippen molar-refractivity contribution in [3.05, 3.63) is 29.8 Å². The van der Waals surface area contributed by atoms with Gasteiger partial charge in [-0.3, -0.25) is 9.69 Å². The molecule has 5 nitrogen and oxygen atoms in total. The van der Waals surface area contributed by atoms with Crippen LogP contribution in [0, 0.1) is 0 Å². The molecule has 0 radical (unpaired) electrons. The average Bonchev–Trinajstić information content (AvgIpc) is 3.17. The number of likely N-dealkylation sites (tertiary alicyclic amines) is 2. The van der Waals surface area contributed by atoms with Crippen molar-refractivity contribution in [1.29, 1.82) is 0 Å². The molecule has 0 bridgehead atoms. The number of hydrogen-bond acceptors (Lipinski definition) is 5. The van der Waals surface area contributed by atoms with Crippen LogP contribution in [0.25, 0.3) is 0 Å². The molecule has 28 heavy (non-hydrogen) atoms. The van der Waals surface area contributed by atoms with Crippen molar-refractivity contribution in [2.45, 2.75) is 62.2 Å². The summed E-state index contributed by atoms with van der Waals surface area (Å²) in [6.45, 7) is 7.61. The lowest BCUT2D eigenvalue weighted by atomic mass is 10.0. The van der Waals surface area contributed by atoms with Crippen molar-refractivity contribution < 1.29 is 4.79 Å². The molecule has 0 aromatic heterocycles. The van der Waals surface area contributed by atoms with E-state index in [-0.39, 0.29) is 11.9 Å². The van der Waals surface area contributed by atoms with E-state index in [1.165, 1.54) is 36.3 Å². The zero-order valence-electron chi connectivity index (χ0n) is 17.6. The van der Waals surface area contributed by atoms with Crippen molar-refractivity contribution in [3.63, 3.8) is 0 Å². The Morgan fingerprint density at radius 3 is 2.54 bits per heavy atom. The lowest BCUT2D eigenvalue weighted by molar-refractivity contribution is -0.126. The van der Waals surface area contributed by atoms with Crippen molar-refractivity contribution >= 4 is 17.7 Å². The molecular formula is C22H36N4OS. The number of amides is 1. The Morgan fingerprint density at radius 2 is 1.93 bits per heavy atom. The molecule has 2 fully saturated rings. The van der Waals surface area contributed by atoms with E-state index in [9.17, 15) is 4.79 Å². The van der Waals surface area contributed by atoms with Crippen LogP contribution in [0.5, 0.6) is 0 Å². The Hall–Kier alpha value is -1.08. The molecule has 0 aliphatic carbocycles. The summed E-state index contributed by atoms with van der Waals surface area (Å²) in [5, 5.41) is 6.59. The van der Waals surface area contributed by atoms with Gasteiger partial charge in [0.1, 0.15) is 0 Å². The molecule has 2 atom stereocenters. The number of rotatable bonds is 8. The maximum absolute atomic E-state index is 12.5. The molecule has 2 aliphatic rings. The van der Waals surface area contributed by atoms with Crippen LogP contribution in [0.3, 0.4) is 0 Å². The molecule has 2 saturated heterocycles. The van der Waals surface area contributed by atoms with Gasteiger partial charge >= 0.3 is 0 Å². The number of benzene rings is 1. The van der Waals surface area contributed by atoms with Gasteiger partial charge in [0.25, 0.3) is 0 Å². The SMILES string of the molecule is CCCN1CCC(N2C[C@H](NCc3ccc(SC)cc3)C[C@H]2C(=O)NC)CC1. The first kappa shape index (κ1) is 21.6. The van der Waals surface area contributed by atoms with Gasteiger partial charge in [-0.05, 0) is 69.3 Å². The largest absolute Gasteiger partial charge is 0.358 e. The fourth-order valence-corrected chi connectivity index (χ4v) is 5.04. The second-order valence-corrected chi connectivity index (χ2v) is 8.94. The molecule has 1 aromatic carbocycles. The summed E-state index contributed by atoms with van der Waals surface area (Å²) < 4.78 is 0. The van der Waals surface area contributed by atoms with Gasteiger partial charge in [-0.1, -0.05) is 19.1 Å². The van der Waals surface area contributed by atoms with Crippen molar-refractivity contribution in [2.75, 3.05) is 39.5 Å². The molecule has 6 heteroatoms. The van der Waals surface area contributed by atoms with Crippen molar-refractivity contribution in [3.8, 4) is 0 Å². The third-order valence-corrected chi connectivity index (χ3v) is 6.95. The molecule has 2 N–H and O–H groups in total. The second-order valence-electron chi connectivity index (χ2n) is 8.06. The van der Waals surface area contributed by atoms with Gasteiger partial charge in [0.05, 0.1) is 6.04 Å². The van der Waals surface area contributed by atoms with Gasteiger partial charge in [-0.25, -0.2) is 0 Å². The van der Waals surface area contributed by atoms with Crippen LogP contribution in [0.15, 0.2) is 29.2 Å². The van der Waals surface area contributed by atoms with E-state index in [2.05, 4.69) is 57.9 Å². The predicted octanol–water partition coefficient (Wildman–Crippen LogP) is 2.56. The molecule has 1 aromatic rings. The molecule has 2 aliphatic heterocycles. The zero-order chi connectivity index (χ0) is 19.9. The summed E-state index contributed by atoms with van der Waals surface area (Å²) in [4.78, 5) is 18.9. The minimum absolute atomic E-state index is 0.00379. The summed E-state index contributed by atoms with van der Waals surface area (Å²) in [6, 6.07) is 9.67. The summed E-state index contributed by atoms with van der Waals surface area (Å²) in [7, 11) is 1.76. The average molecular weight is 405 g/mol. The van der Waals surface area contributed by atoms with Gasteiger partial charge in [-0.15, -0.1) is 11.8 Å². The molecule has 1 amide bonds. The van der Waals surface area contributed by atoms with Crippen molar-refractivity contribution in [1.82, 2.24) is 20.4 Å². The highest BCUT2D eigenvalue weighted by Gasteiger charge is 2.40. The molecule has 2 heterocycles. The number of nitrogens with one attached hydrogen (secondary N) is 2. The fourth-order valence-electron chi connectivity index (χ4n) is 4.63. The van der Waals surface area contributed by atoms with E-state index in [1.807, 2.05) is 0 Å². The number of thioether (sulfide) groups is 1. The van der Waals surface area contributed by atoms with E-state index in [1.54, 1.807) is 18.8 Å². The minimum atomic E-state index is 0.00379. The van der Waals surface area contributed by atoms with E-state index < -0.39 is 0 Å². The van der Waals surface area contributed by atoms with Gasteiger partial charge in [0.15, 0.2) is 0 Å². The summed E-state index contributed by atoms with van der Waals surface area (Å²) in [5.74, 6) is 0.171. The van der Waals surface area contributed by atoms with Crippen LogP contribution in [0.4, 0.5) is 0 Å². The third kappa shape index (κ3) is 5.50. The van der Waals surface area contributed by atoms with E-state index in [0.717, 1.165) is 32.6 Å². The number of nitrogens with zero attached hydrogens (tertiary/aromatic N) is 2. The normalized spacial score (nSPS) is 24.5. The Balaban J connectivity index is 1.56. The van der Waals surface area contributed by atoms with Gasteiger partial charge < -0.3 is 15.5 Å². The smallest absolute Gasteiger partial charge is 0.237 e. The van der Waals surface area contributed by atoms with Crippen LogP contribution >= 0.6 is 11.8 Å². The Kier molecular flexibility index (Phi) is 8.21. The van der Waals surface area contributed by atoms with E-state index >= 15 is 0 Å². The molecule has 0 spiro atoms. The highest BCUT2D eigenvalue weighted by molar-refractivity contribution is 7.98. The van der Waals surface area contributed by atoms with Crippen LogP contribution < -0.4 is 10.6 Å². The first-order chi connectivity index (χ1) is 13.6. The van der Waals surface area contributed by atoms with Gasteiger partial charge in [-0.2, -0.15) is 0 Å². The first-order valence-electron chi connectivity index (χ1n) is 10.7. The predicted molar refractivity (Wildman–Crippen MR) is 118 cm³/mol. The van der Waals surface area contributed by atoms with Crippen LogP contribution in [0.1, 0.15) is 38.2 Å². The number of piperidine rings is 1. The lowest BCUT2D eigenvalue weighted by Gasteiger charge is -2.38. The lowest BCUT2D eigenvalue weighted by Crippen LogP contribution is -2.51. The number of carbonyl (C=O) groups excluding carboxylic acids is 1. The third-order valence-electron chi connectivity index (χ3n) is 6.21. The van der Waals surface area contributed by atoms with Gasteiger partial charge in [0.2, 0.25) is 5.91 Å². The van der Waals surface area contributed by atoms with Crippen LogP contribution in [-0.4, -0.2) is 73.3 Å². The fraction of sp³-hybridized carbons (Fsp3) is 0.682. The second kappa shape index (κ2) is 10.6. The topological polar surface area (TPSA) is 47.6 Å². The van der Waals surface area contributed by atoms with Crippen LogP contribution in [-0.2, 0) is 11.3 Å². The van der Waals surface area contributed by atoms with Crippen LogP contribution in [0.2, 0.25) is 0 Å². The molecule has 0 unspecified atom stereocenters. The van der Waals surface area contributed by atoms with E-state index in [4.69, 9.17) is 0 Å². The number of hydrogen-bond donors (Lipinski definition) is 2. The standard InChI is InChI=1S/C22H36N4OS/c1-4-11-25-12-9-19(10-13-25)26-16-18(14-21(26)22(27)23-2)24-15-17-5-7-20(28-3)8-6-17/h5-8,18-19,21,24H,4,9-16H2,1-3H3,(H,23,27)/t18-,21+/m1/s1. The Labute approximate surface area is 174 Å². The molecular weight excluding hydrogens is 368 g/mol. The monoisotopic (exact) mass is 404 g/mol. The quantitative estimate of drug-likeness (QED) is 0.652. The summed E-state index contributed by atoms with van der Waals surface area (Å²) >= 11 is 1.77. The molecule has 3 rings (SSSR count). The minimum Gasteiger partial charge on any atom is -0.358 e. The van der Waals surface area contributed by atoms with Crippen molar-refractivity contribution in [2.24, 2.45) is 0 Å². The summed E-state index contributed by atoms with van der Waals surface area (Å²) in [6.07, 6.45) is 6.58. The molecule has 0 saturated carbocycles.